The van der Waals surface area contributed by atoms with Gasteiger partial charge in [0, 0.05) is 24.0 Å². The highest BCUT2D eigenvalue weighted by atomic mass is 32.1. The van der Waals surface area contributed by atoms with E-state index in [0.717, 1.165) is 43.7 Å². The number of piperidine rings is 1. The van der Waals surface area contributed by atoms with Gasteiger partial charge in [-0.2, -0.15) is 5.10 Å². The van der Waals surface area contributed by atoms with Gasteiger partial charge in [0.05, 0.1) is 29.5 Å². The molecule has 0 spiro atoms. The van der Waals surface area contributed by atoms with Crippen LogP contribution in [0.15, 0.2) is 17.0 Å². The summed E-state index contributed by atoms with van der Waals surface area (Å²) in [6.45, 7) is 5.78. The smallest absolute Gasteiger partial charge is 0.223 e. The molecule has 0 unspecified atom stereocenters. The highest BCUT2D eigenvalue weighted by Gasteiger charge is 2.27. The number of hydrogen-bond acceptors (Lipinski definition) is 4. The molecule has 2 aromatic heterocycles. The maximum atomic E-state index is 12.7. The van der Waals surface area contributed by atoms with Crippen LogP contribution in [0.5, 0.6) is 0 Å². The number of carbonyl (C=O) groups is 1. The lowest BCUT2D eigenvalue weighted by molar-refractivity contribution is -0.135. The highest BCUT2D eigenvalue weighted by molar-refractivity contribution is 7.07. The summed E-state index contributed by atoms with van der Waals surface area (Å²) in [5, 5.41) is 6.58. The molecular formula is C17H24N4OS. The van der Waals surface area contributed by atoms with Gasteiger partial charge in [0.25, 0.3) is 0 Å². The molecule has 3 heterocycles. The topological polar surface area (TPSA) is 51.0 Å². The summed E-state index contributed by atoms with van der Waals surface area (Å²) < 4.78 is 2.05. The zero-order valence-corrected chi connectivity index (χ0v) is 14.7. The number of nitrogens with zero attached hydrogens (tertiary/aromatic N) is 4. The van der Waals surface area contributed by atoms with E-state index in [1.54, 1.807) is 11.3 Å². The van der Waals surface area contributed by atoms with E-state index in [1.165, 1.54) is 12.1 Å². The van der Waals surface area contributed by atoms with Crippen LogP contribution in [-0.2, 0) is 17.8 Å². The third-order valence-corrected chi connectivity index (χ3v) is 5.15. The fourth-order valence-electron chi connectivity index (χ4n) is 3.32. The minimum atomic E-state index is 0.254. The summed E-state index contributed by atoms with van der Waals surface area (Å²) in [6.07, 6.45) is 4.67. The summed E-state index contributed by atoms with van der Waals surface area (Å²) in [7, 11) is 0. The van der Waals surface area contributed by atoms with Crippen molar-refractivity contribution >= 4 is 17.2 Å². The van der Waals surface area contributed by atoms with Crippen molar-refractivity contribution < 1.29 is 4.79 Å². The molecule has 124 valence electrons. The van der Waals surface area contributed by atoms with Crippen LogP contribution >= 0.6 is 11.3 Å². The summed E-state index contributed by atoms with van der Waals surface area (Å²) in [6, 6.07) is 2.36. The second kappa shape index (κ2) is 7.25. The molecule has 1 amide bonds. The largest absolute Gasteiger partial charge is 0.338 e. The van der Waals surface area contributed by atoms with E-state index in [0.29, 0.717) is 6.42 Å². The quantitative estimate of drug-likeness (QED) is 0.846. The van der Waals surface area contributed by atoms with E-state index in [-0.39, 0.29) is 11.9 Å². The predicted octanol–water partition coefficient (Wildman–Crippen LogP) is 2.97. The van der Waals surface area contributed by atoms with Gasteiger partial charge in [0.15, 0.2) is 0 Å². The number of likely N-dealkylation sites (tertiary alicyclic amines) is 1. The number of rotatable bonds is 5. The maximum absolute atomic E-state index is 12.7. The molecule has 1 atom stereocenters. The third kappa shape index (κ3) is 3.99. The van der Waals surface area contributed by atoms with E-state index in [4.69, 9.17) is 0 Å². The fraction of sp³-hybridized carbons (Fsp3) is 0.588. The number of aromatic nitrogens is 3. The van der Waals surface area contributed by atoms with Crippen LogP contribution in [0, 0.1) is 13.8 Å². The van der Waals surface area contributed by atoms with Crippen molar-refractivity contribution in [3.63, 3.8) is 0 Å². The molecular weight excluding hydrogens is 308 g/mol. The fourth-order valence-corrected chi connectivity index (χ4v) is 3.91. The van der Waals surface area contributed by atoms with Crippen LogP contribution in [0.4, 0.5) is 0 Å². The maximum Gasteiger partial charge on any atom is 0.223 e. The molecule has 0 saturated carbocycles. The van der Waals surface area contributed by atoms with Crippen LogP contribution in [0.3, 0.4) is 0 Å². The molecule has 0 N–H and O–H groups in total. The summed E-state index contributed by atoms with van der Waals surface area (Å²) >= 11 is 1.59. The first-order chi connectivity index (χ1) is 11.1. The summed E-state index contributed by atoms with van der Waals surface area (Å²) in [5.74, 6) is 0.254. The van der Waals surface area contributed by atoms with Gasteiger partial charge in [-0.1, -0.05) is 0 Å². The van der Waals surface area contributed by atoms with Crippen molar-refractivity contribution in [2.24, 2.45) is 0 Å². The lowest BCUT2D eigenvalue weighted by Crippen LogP contribution is -2.46. The minimum absolute atomic E-state index is 0.254. The van der Waals surface area contributed by atoms with E-state index in [1.807, 2.05) is 22.5 Å². The third-order valence-electron chi connectivity index (χ3n) is 4.51. The van der Waals surface area contributed by atoms with Gasteiger partial charge in [-0.3, -0.25) is 9.48 Å². The monoisotopic (exact) mass is 332 g/mol. The van der Waals surface area contributed by atoms with Gasteiger partial charge < -0.3 is 4.90 Å². The molecule has 23 heavy (non-hydrogen) atoms. The molecule has 1 fully saturated rings. The molecule has 1 aliphatic heterocycles. The number of carbonyl (C=O) groups excluding carboxylic acids is 1. The Hall–Kier alpha value is -1.69. The number of amides is 1. The van der Waals surface area contributed by atoms with Gasteiger partial charge in [-0.15, -0.1) is 11.3 Å². The van der Waals surface area contributed by atoms with E-state index in [2.05, 4.69) is 28.0 Å². The standard InChI is InChI=1S/C17H24N4OS/c1-13-9-14(2)21(19-13)10-16-5-3-4-8-20(16)17(22)7-6-15-11-23-12-18-15/h9,11-12,16H,3-8,10H2,1-2H3/t16-/m1/s1. The molecule has 2 aromatic rings. The first-order valence-corrected chi connectivity index (χ1v) is 9.25. The molecule has 0 aliphatic carbocycles. The normalized spacial score (nSPS) is 18.3. The van der Waals surface area contributed by atoms with Crippen LogP contribution in [-0.4, -0.2) is 38.2 Å². The van der Waals surface area contributed by atoms with Gasteiger partial charge in [-0.25, -0.2) is 4.98 Å². The lowest BCUT2D eigenvalue weighted by Gasteiger charge is -2.36. The van der Waals surface area contributed by atoms with Crippen molar-refractivity contribution in [2.45, 2.75) is 58.5 Å². The Bertz CT molecular complexity index is 650. The Labute approximate surface area is 141 Å². The van der Waals surface area contributed by atoms with Crippen molar-refractivity contribution in [3.8, 4) is 0 Å². The highest BCUT2D eigenvalue weighted by Crippen LogP contribution is 2.21. The van der Waals surface area contributed by atoms with Gasteiger partial charge in [-0.05, 0) is 45.6 Å². The molecule has 0 radical (unpaired) electrons. The second-order valence-corrected chi connectivity index (χ2v) is 7.04. The zero-order valence-electron chi connectivity index (χ0n) is 13.9. The Morgan fingerprint density at radius 3 is 2.96 bits per heavy atom. The van der Waals surface area contributed by atoms with Gasteiger partial charge in [0.1, 0.15) is 0 Å². The average Bonchev–Trinajstić information content (AvgIpc) is 3.15. The molecule has 6 heteroatoms. The molecule has 1 saturated heterocycles. The Balaban J connectivity index is 1.63. The number of aryl methyl sites for hydroxylation is 3. The van der Waals surface area contributed by atoms with E-state index < -0.39 is 0 Å². The molecule has 5 nitrogen and oxygen atoms in total. The molecule has 1 aliphatic rings. The van der Waals surface area contributed by atoms with Crippen LogP contribution in [0.2, 0.25) is 0 Å². The molecule has 3 rings (SSSR count). The van der Waals surface area contributed by atoms with Crippen LogP contribution < -0.4 is 0 Å². The van der Waals surface area contributed by atoms with Crippen LogP contribution in [0.25, 0.3) is 0 Å². The minimum Gasteiger partial charge on any atom is -0.338 e. The number of hydrogen-bond donors (Lipinski definition) is 0. The predicted molar refractivity (Wildman–Crippen MR) is 91.5 cm³/mol. The number of thiazole rings is 1. The van der Waals surface area contributed by atoms with Gasteiger partial charge >= 0.3 is 0 Å². The first-order valence-electron chi connectivity index (χ1n) is 8.31. The lowest BCUT2D eigenvalue weighted by atomic mass is 10.0. The van der Waals surface area contributed by atoms with Crippen molar-refractivity contribution in [2.75, 3.05) is 6.54 Å². The zero-order chi connectivity index (χ0) is 16.2. The SMILES string of the molecule is Cc1cc(C)n(C[C@H]2CCCCN2C(=O)CCc2cscn2)n1. The van der Waals surface area contributed by atoms with Crippen molar-refractivity contribution in [3.05, 3.63) is 34.0 Å². The van der Waals surface area contributed by atoms with E-state index in [9.17, 15) is 4.79 Å². The first kappa shape index (κ1) is 16.2. The van der Waals surface area contributed by atoms with Gasteiger partial charge in [0.2, 0.25) is 5.91 Å². The summed E-state index contributed by atoms with van der Waals surface area (Å²) in [5.41, 5.74) is 5.06. The van der Waals surface area contributed by atoms with E-state index >= 15 is 0 Å². The molecule has 0 bridgehead atoms. The molecule has 0 aromatic carbocycles. The average molecular weight is 332 g/mol. The Morgan fingerprint density at radius 1 is 1.39 bits per heavy atom. The second-order valence-electron chi connectivity index (χ2n) is 6.33. The summed E-state index contributed by atoms with van der Waals surface area (Å²) in [4.78, 5) is 19.0. The Morgan fingerprint density at radius 2 is 2.26 bits per heavy atom. The van der Waals surface area contributed by atoms with Crippen molar-refractivity contribution in [1.82, 2.24) is 19.7 Å². The van der Waals surface area contributed by atoms with Crippen molar-refractivity contribution in [1.29, 1.82) is 0 Å². The van der Waals surface area contributed by atoms with Crippen LogP contribution in [0.1, 0.15) is 42.8 Å². The Kier molecular flexibility index (Phi) is 5.10.